The molecular weight excluding hydrogens is 426 g/mol. The monoisotopic (exact) mass is 453 g/mol. The van der Waals surface area contributed by atoms with Crippen molar-refractivity contribution in [2.75, 3.05) is 5.75 Å². The van der Waals surface area contributed by atoms with Crippen LogP contribution in [0, 0.1) is 5.92 Å². The first-order valence-electron chi connectivity index (χ1n) is 11.1. The van der Waals surface area contributed by atoms with Crippen molar-refractivity contribution in [2.45, 2.75) is 63.1 Å². The molecule has 1 atom stereocenters. The van der Waals surface area contributed by atoms with E-state index in [4.69, 9.17) is 4.98 Å². The smallest absolute Gasteiger partial charge is 0.267 e. The van der Waals surface area contributed by atoms with Crippen LogP contribution in [-0.2, 0) is 17.6 Å². The van der Waals surface area contributed by atoms with Gasteiger partial charge in [0, 0.05) is 10.9 Å². The Balaban J connectivity index is 1.53. The van der Waals surface area contributed by atoms with Crippen LogP contribution < -0.4 is 10.9 Å². The number of aryl methyl sites for hydroxylation is 1. The molecule has 31 heavy (non-hydrogen) atoms. The van der Waals surface area contributed by atoms with E-state index in [1.54, 1.807) is 15.9 Å². The van der Waals surface area contributed by atoms with Crippen molar-refractivity contribution in [1.82, 2.24) is 14.9 Å². The number of hydrogen-bond donors (Lipinski definition) is 1. The van der Waals surface area contributed by atoms with E-state index in [-0.39, 0.29) is 17.2 Å². The fraction of sp³-hybridized carbons (Fsp3) is 0.458. The molecule has 0 bridgehead atoms. The summed E-state index contributed by atoms with van der Waals surface area (Å²) in [5, 5.41) is 4.50. The third-order valence-corrected chi connectivity index (χ3v) is 8.45. The second-order valence-electron chi connectivity index (χ2n) is 8.74. The van der Waals surface area contributed by atoms with E-state index >= 15 is 0 Å². The van der Waals surface area contributed by atoms with Crippen LogP contribution in [0.2, 0.25) is 0 Å². The normalized spacial score (nSPS) is 18.9. The van der Waals surface area contributed by atoms with Crippen LogP contribution in [0.4, 0.5) is 0 Å². The molecule has 1 unspecified atom stereocenters. The molecule has 2 aromatic heterocycles. The van der Waals surface area contributed by atoms with Crippen molar-refractivity contribution in [2.24, 2.45) is 5.92 Å². The van der Waals surface area contributed by atoms with E-state index in [9.17, 15) is 9.59 Å². The van der Waals surface area contributed by atoms with E-state index in [0.29, 0.717) is 17.1 Å². The van der Waals surface area contributed by atoms with Crippen molar-refractivity contribution in [3.8, 4) is 5.69 Å². The third kappa shape index (κ3) is 4.17. The Morgan fingerprint density at radius 3 is 2.77 bits per heavy atom. The summed E-state index contributed by atoms with van der Waals surface area (Å²) < 4.78 is 1.70. The zero-order chi connectivity index (χ0) is 21.4. The summed E-state index contributed by atoms with van der Waals surface area (Å²) in [7, 11) is 0. The molecule has 1 N–H and O–H groups in total. The van der Waals surface area contributed by atoms with Gasteiger partial charge in [-0.2, -0.15) is 0 Å². The van der Waals surface area contributed by atoms with Gasteiger partial charge in [0.25, 0.3) is 5.56 Å². The maximum atomic E-state index is 13.7. The predicted molar refractivity (Wildman–Crippen MR) is 128 cm³/mol. The van der Waals surface area contributed by atoms with E-state index in [1.165, 1.54) is 35.0 Å². The number of thioether (sulfide) groups is 1. The third-order valence-electron chi connectivity index (χ3n) is 6.37. The summed E-state index contributed by atoms with van der Waals surface area (Å²) in [5.74, 6) is 0.929. The number of nitrogens with one attached hydrogen (secondary N) is 1. The lowest BCUT2D eigenvalue weighted by atomic mass is 9.89. The van der Waals surface area contributed by atoms with Crippen LogP contribution in [0.5, 0.6) is 0 Å². The maximum Gasteiger partial charge on any atom is 0.267 e. The molecule has 5 nitrogen and oxygen atoms in total. The molecule has 0 radical (unpaired) electrons. The zero-order valence-corrected chi connectivity index (χ0v) is 19.4. The number of para-hydroxylation sites is 1. The van der Waals surface area contributed by atoms with Crippen LogP contribution in [0.3, 0.4) is 0 Å². The first-order valence-corrected chi connectivity index (χ1v) is 12.9. The summed E-state index contributed by atoms with van der Waals surface area (Å²) in [6, 6.07) is 9.95. The number of amides is 1. The van der Waals surface area contributed by atoms with Crippen molar-refractivity contribution in [3.63, 3.8) is 0 Å². The minimum absolute atomic E-state index is 0.0121. The number of carbonyl (C=O) groups is 1. The van der Waals surface area contributed by atoms with Crippen LogP contribution in [-0.4, -0.2) is 27.3 Å². The first-order chi connectivity index (χ1) is 15.1. The van der Waals surface area contributed by atoms with Gasteiger partial charge < -0.3 is 5.32 Å². The van der Waals surface area contributed by atoms with Gasteiger partial charge in [0.05, 0.1) is 16.8 Å². The van der Waals surface area contributed by atoms with Gasteiger partial charge in [0.15, 0.2) is 5.16 Å². The molecule has 1 saturated carbocycles. The Morgan fingerprint density at radius 2 is 2.00 bits per heavy atom. The highest BCUT2D eigenvalue weighted by molar-refractivity contribution is 7.99. The fourth-order valence-corrected chi connectivity index (χ4v) is 6.99. The van der Waals surface area contributed by atoms with Crippen LogP contribution in [0.1, 0.15) is 49.5 Å². The molecule has 162 valence electrons. The molecule has 1 aromatic carbocycles. The first kappa shape index (κ1) is 20.8. The SMILES string of the molecule is CC1CCc2c(sc3nc(SCC(=O)NC4CCCC4)n(-c4ccccc4)c(=O)c23)C1. The number of rotatable bonds is 5. The van der Waals surface area contributed by atoms with Crippen molar-refractivity contribution in [3.05, 3.63) is 51.1 Å². The van der Waals surface area contributed by atoms with Gasteiger partial charge in [0.2, 0.25) is 5.91 Å². The number of carbonyl (C=O) groups excluding carboxylic acids is 1. The number of thiophene rings is 1. The van der Waals surface area contributed by atoms with Crippen LogP contribution >= 0.6 is 23.1 Å². The topological polar surface area (TPSA) is 64.0 Å². The molecule has 1 amide bonds. The predicted octanol–water partition coefficient (Wildman–Crippen LogP) is 4.72. The Morgan fingerprint density at radius 1 is 1.23 bits per heavy atom. The molecule has 2 aliphatic carbocycles. The lowest BCUT2D eigenvalue weighted by Gasteiger charge is -2.18. The molecule has 3 aromatic rings. The van der Waals surface area contributed by atoms with Gasteiger partial charge in [-0.15, -0.1) is 11.3 Å². The second-order valence-corrected chi connectivity index (χ2v) is 10.8. The van der Waals surface area contributed by atoms with Gasteiger partial charge in [-0.05, 0) is 55.7 Å². The quantitative estimate of drug-likeness (QED) is 0.448. The highest BCUT2D eigenvalue weighted by Gasteiger charge is 2.25. The van der Waals surface area contributed by atoms with E-state index < -0.39 is 0 Å². The highest BCUT2D eigenvalue weighted by atomic mass is 32.2. The molecule has 2 aliphatic rings. The van der Waals surface area contributed by atoms with Crippen molar-refractivity contribution in [1.29, 1.82) is 0 Å². The molecule has 0 aliphatic heterocycles. The molecule has 5 rings (SSSR count). The summed E-state index contributed by atoms with van der Waals surface area (Å²) in [4.78, 5) is 33.3. The summed E-state index contributed by atoms with van der Waals surface area (Å²) >= 11 is 3.01. The Kier molecular flexibility index (Phi) is 5.89. The largest absolute Gasteiger partial charge is 0.353 e. The Hall–Kier alpha value is -2.12. The average Bonchev–Trinajstić information content (AvgIpc) is 3.39. The average molecular weight is 454 g/mol. The van der Waals surface area contributed by atoms with Gasteiger partial charge in [-0.1, -0.05) is 49.7 Å². The minimum atomic E-state index is -0.0121. The fourth-order valence-electron chi connectivity index (χ4n) is 4.74. The standard InChI is InChI=1S/C24H27N3O2S2/c1-15-11-12-18-19(13-15)31-22-21(18)23(29)27(17-9-3-2-4-10-17)24(26-22)30-14-20(28)25-16-7-5-6-8-16/h2-4,9-10,15-16H,5-8,11-14H2,1H3,(H,25,28). The summed E-state index contributed by atoms with van der Waals surface area (Å²) in [6.45, 7) is 2.27. The van der Waals surface area contributed by atoms with E-state index in [2.05, 4.69) is 12.2 Å². The Bertz CT molecular complexity index is 1160. The van der Waals surface area contributed by atoms with E-state index in [1.807, 2.05) is 30.3 Å². The Labute approximate surface area is 190 Å². The maximum absolute atomic E-state index is 13.7. The molecular formula is C24H27N3O2S2. The van der Waals surface area contributed by atoms with Crippen molar-refractivity contribution >= 4 is 39.2 Å². The number of nitrogens with zero attached hydrogens (tertiary/aromatic N) is 2. The van der Waals surface area contributed by atoms with Crippen molar-refractivity contribution < 1.29 is 4.79 Å². The summed E-state index contributed by atoms with van der Waals surface area (Å²) in [6.07, 6.45) is 7.58. The van der Waals surface area contributed by atoms with Crippen LogP contribution in [0.25, 0.3) is 15.9 Å². The number of hydrogen-bond acceptors (Lipinski definition) is 5. The van der Waals surface area contributed by atoms with Gasteiger partial charge in [-0.3, -0.25) is 14.2 Å². The molecule has 0 spiro atoms. The number of fused-ring (bicyclic) bond motifs is 3. The number of benzene rings is 1. The number of aromatic nitrogens is 2. The van der Waals surface area contributed by atoms with Gasteiger partial charge >= 0.3 is 0 Å². The lowest BCUT2D eigenvalue weighted by molar-refractivity contribution is -0.119. The molecule has 1 fully saturated rings. The second kappa shape index (κ2) is 8.79. The van der Waals surface area contributed by atoms with E-state index in [0.717, 1.165) is 48.0 Å². The lowest BCUT2D eigenvalue weighted by Crippen LogP contribution is -2.34. The van der Waals surface area contributed by atoms with Crippen LogP contribution in [0.15, 0.2) is 40.3 Å². The molecule has 2 heterocycles. The van der Waals surface area contributed by atoms with Gasteiger partial charge in [0.1, 0.15) is 4.83 Å². The van der Waals surface area contributed by atoms with Gasteiger partial charge in [-0.25, -0.2) is 4.98 Å². The zero-order valence-electron chi connectivity index (χ0n) is 17.7. The molecule has 7 heteroatoms. The summed E-state index contributed by atoms with van der Waals surface area (Å²) in [5.41, 5.74) is 1.97. The molecule has 0 saturated heterocycles. The highest BCUT2D eigenvalue weighted by Crippen LogP contribution is 2.37. The minimum Gasteiger partial charge on any atom is -0.353 e.